The average Bonchev–Trinajstić information content (AvgIpc) is 2.31. The zero-order chi connectivity index (χ0) is 14.2. The Bertz CT molecular complexity index is 678. The van der Waals surface area contributed by atoms with Crippen LogP contribution in [0.25, 0.3) is 11.4 Å². The smallest absolute Gasteiger partial charge is 0.254 e. The fourth-order valence-corrected chi connectivity index (χ4v) is 2.06. The second-order valence-corrected chi connectivity index (χ2v) is 4.70. The van der Waals surface area contributed by atoms with E-state index in [1.807, 2.05) is 13.8 Å². The van der Waals surface area contributed by atoms with Crippen molar-refractivity contribution in [1.29, 1.82) is 0 Å². The molecule has 0 radical (unpaired) electrons. The van der Waals surface area contributed by atoms with Crippen LogP contribution in [-0.2, 0) is 0 Å². The zero-order valence-corrected chi connectivity index (χ0v) is 10.9. The van der Waals surface area contributed by atoms with Gasteiger partial charge in [0.2, 0.25) is 0 Å². The molecule has 0 amide bonds. The van der Waals surface area contributed by atoms with Gasteiger partial charge in [0.05, 0.1) is 0 Å². The normalized spacial score (nSPS) is 11.1. The molecule has 0 aliphatic heterocycles. The number of nitrogens with one attached hydrogen (secondary N) is 1. The van der Waals surface area contributed by atoms with Crippen molar-refractivity contribution in [3.63, 3.8) is 0 Å². The number of H-pyrrole nitrogens is 1. The molecule has 0 atom stereocenters. The fourth-order valence-electron chi connectivity index (χ4n) is 2.06. The van der Waals surface area contributed by atoms with Crippen molar-refractivity contribution in [3.05, 3.63) is 51.4 Å². The van der Waals surface area contributed by atoms with E-state index in [4.69, 9.17) is 0 Å². The lowest BCUT2D eigenvalue weighted by Gasteiger charge is -2.09. The summed E-state index contributed by atoms with van der Waals surface area (Å²) in [6.45, 7) is 5.53. The van der Waals surface area contributed by atoms with Gasteiger partial charge in [-0.3, -0.25) is 4.79 Å². The van der Waals surface area contributed by atoms with Gasteiger partial charge in [-0.05, 0) is 31.0 Å². The minimum Gasteiger partial charge on any atom is -0.306 e. The first-order valence-corrected chi connectivity index (χ1v) is 5.96. The molecule has 1 heterocycles. The molecule has 0 saturated carbocycles. The predicted molar refractivity (Wildman–Crippen MR) is 69.0 cm³/mol. The molecule has 1 N–H and O–H groups in total. The summed E-state index contributed by atoms with van der Waals surface area (Å²) in [5.74, 6) is -1.60. The Kier molecular flexibility index (Phi) is 3.46. The highest BCUT2D eigenvalue weighted by Gasteiger charge is 2.13. The van der Waals surface area contributed by atoms with Gasteiger partial charge in [-0.1, -0.05) is 13.8 Å². The van der Waals surface area contributed by atoms with Crippen LogP contribution in [0.15, 0.2) is 23.0 Å². The SMILES string of the molecule is Cc1nc(-c2ccc(F)c(F)c2)[nH]c(=O)c1C(C)C. The lowest BCUT2D eigenvalue weighted by atomic mass is 10.0. The Morgan fingerprint density at radius 3 is 2.42 bits per heavy atom. The zero-order valence-electron chi connectivity index (χ0n) is 10.9. The third-order valence-corrected chi connectivity index (χ3v) is 2.92. The summed E-state index contributed by atoms with van der Waals surface area (Å²) in [4.78, 5) is 18.8. The van der Waals surface area contributed by atoms with Crippen LogP contribution < -0.4 is 5.56 Å². The highest BCUT2D eigenvalue weighted by atomic mass is 19.2. The average molecular weight is 264 g/mol. The molecule has 1 aromatic carbocycles. The topological polar surface area (TPSA) is 45.8 Å². The largest absolute Gasteiger partial charge is 0.306 e. The summed E-state index contributed by atoms with van der Waals surface area (Å²) in [6.07, 6.45) is 0. The van der Waals surface area contributed by atoms with Gasteiger partial charge in [0.1, 0.15) is 5.82 Å². The molecule has 0 aliphatic rings. The van der Waals surface area contributed by atoms with Crippen molar-refractivity contribution in [2.45, 2.75) is 26.7 Å². The summed E-state index contributed by atoms with van der Waals surface area (Å²) in [5.41, 5.74) is 1.29. The summed E-state index contributed by atoms with van der Waals surface area (Å²) in [5, 5.41) is 0. The van der Waals surface area contributed by atoms with Gasteiger partial charge in [0.15, 0.2) is 11.6 Å². The highest BCUT2D eigenvalue weighted by Crippen LogP contribution is 2.19. The standard InChI is InChI=1S/C14H14F2N2O/c1-7(2)12-8(3)17-13(18-14(12)19)9-4-5-10(15)11(16)6-9/h4-7H,1-3H3,(H,17,18,19). The Labute approximate surface area is 109 Å². The number of hydrogen-bond donors (Lipinski definition) is 1. The maximum Gasteiger partial charge on any atom is 0.254 e. The molecule has 0 fully saturated rings. The van der Waals surface area contributed by atoms with Crippen LogP contribution in [0, 0.1) is 18.6 Å². The third-order valence-electron chi connectivity index (χ3n) is 2.92. The van der Waals surface area contributed by atoms with Gasteiger partial charge >= 0.3 is 0 Å². The number of hydrogen-bond acceptors (Lipinski definition) is 2. The number of aromatic nitrogens is 2. The van der Waals surface area contributed by atoms with Crippen LogP contribution in [0.3, 0.4) is 0 Å². The first-order chi connectivity index (χ1) is 8.90. The minimum atomic E-state index is -0.967. The van der Waals surface area contributed by atoms with Crippen LogP contribution in [-0.4, -0.2) is 9.97 Å². The molecule has 0 unspecified atom stereocenters. The molecule has 1 aromatic heterocycles. The molecule has 5 heteroatoms. The van der Waals surface area contributed by atoms with E-state index in [1.165, 1.54) is 6.07 Å². The van der Waals surface area contributed by atoms with Crippen LogP contribution in [0.4, 0.5) is 8.78 Å². The van der Waals surface area contributed by atoms with E-state index >= 15 is 0 Å². The lowest BCUT2D eigenvalue weighted by molar-refractivity contribution is 0.509. The first-order valence-electron chi connectivity index (χ1n) is 5.96. The molecule has 2 aromatic rings. The number of nitrogens with zero attached hydrogens (tertiary/aromatic N) is 1. The molecular weight excluding hydrogens is 250 g/mol. The number of halogens is 2. The molecule has 2 rings (SSSR count). The van der Waals surface area contributed by atoms with Crippen LogP contribution in [0.2, 0.25) is 0 Å². The Morgan fingerprint density at radius 1 is 1.21 bits per heavy atom. The molecule has 0 saturated heterocycles. The van der Waals surface area contributed by atoms with E-state index in [-0.39, 0.29) is 17.3 Å². The summed E-state index contributed by atoms with van der Waals surface area (Å²) in [6, 6.07) is 3.41. The van der Waals surface area contributed by atoms with Gasteiger partial charge in [0.25, 0.3) is 5.56 Å². The van der Waals surface area contributed by atoms with Crippen molar-refractivity contribution in [2.75, 3.05) is 0 Å². The maximum absolute atomic E-state index is 13.2. The Balaban J connectivity index is 2.58. The van der Waals surface area contributed by atoms with Gasteiger partial charge in [-0.25, -0.2) is 13.8 Å². The minimum absolute atomic E-state index is 0.0512. The van der Waals surface area contributed by atoms with Gasteiger partial charge in [0, 0.05) is 16.8 Å². The van der Waals surface area contributed by atoms with Crippen LogP contribution >= 0.6 is 0 Å². The number of aryl methyl sites for hydroxylation is 1. The second-order valence-electron chi connectivity index (χ2n) is 4.70. The van der Waals surface area contributed by atoms with Crippen molar-refractivity contribution in [2.24, 2.45) is 0 Å². The molecule has 0 spiro atoms. The number of aromatic amines is 1. The summed E-state index contributed by atoms with van der Waals surface area (Å²) < 4.78 is 26.1. The fraction of sp³-hybridized carbons (Fsp3) is 0.286. The number of benzene rings is 1. The van der Waals surface area contributed by atoms with E-state index in [2.05, 4.69) is 9.97 Å². The molecule has 100 valence electrons. The van der Waals surface area contributed by atoms with E-state index in [1.54, 1.807) is 6.92 Å². The monoisotopic (exact) mass is 264 g/mol. The van der Waals surface area contributed by atoms with E-state index in [0.717, 1.165) is 12.1 Å². The molecule has 0 aliphatic carbocycles. The molecular formula is C14H14F2N2O. The third kappa shape index (κ3) is 2.54. The van der Waals surface area contributed by atoms with Crippen molar-refractivity contribution >= 4 is 0 Å². The second kappa shape index (κ2) is 4.91. The van der Waals surface area contributed by atoms with Gasteiger partial charge in [-0.2, -0.15) is 0 Å². The maximum atomic E-state index is 13.2. The van der Waals surface area contributed by atoms with Gasteiger partial charge < -0.3 is 4.98 Å². The van der Waals surface area contributed by atoms with E-state index in [0.29, 0.717) is 16.8 Å². The van der Waals surface area contributed by atoms with Gasteiger partial charge in [-0.15, -0.1) is 0 Å². The van der Waals surface area contributed by atoms with Crippen molar-refractivity contribution in [3.8, 4) is 11.4 Å². The quantitative estimate of drug-likeness (QED) is 0.905. The summed E-state index contributed by atoms with van der Waals surface area (Å²) >= 11 is 0. The Hall–Kier alpha value is -2.04. The van der Waals surface area contributed by atoms with E-state index < -0.39 is 11.6 Å². The molecule has 3 nitrogen and oxygen atoms in total. The predicted octanol–water partition coefficient (Wildman–Crippen LogP) is 3.15. The molecule has 0 bridgehead atoms. The lowest BCUT2D eigenvalue weighted by Crippen LogP contribution is -2.18. The molecule has 19 heavy (non-hydrogen) atoms. The number of rotatable bonds is 2. The Morgan fingerprint density at radius 2 is 1.89 bits per heavy atom. The van der Waals surface area contributed by atoms with E-state index in [9.17, 15) is 13.6 Å². The first kappa shape index (κ1) is 13.4. The van der Waals surface area contributed by atoms with Crippen molar-refractivity contribution < 1.29 is 8.78 Å². The van der Waals surface area contributed by atoms with Crippen LogP contribution in [0.1, 0.15) is 31.0 Å². The van der Waals surface area contributed by atoms with Crippen molar-refractivity contribution in [1.82, 2.24) is 9.97 Å². The van der Waals surface area contributed by atoms with Crippen LogP contribution in [0.5, 0.6) is 0 Å². The highest BCUT2D eigenvalue weighted by molar-refractivity contribution is 5.55. The summed E-state index contributed by atoms with van der Waals surface area (Å²) in [7, 11) is 0.